The second-order valence-electron chi connectivity index (χ2n) is 6.09. The van der Waals surface area contributed by atoms with Gasteiger partial charge in [0.05, 0.1) is 17.7 Å². The van der Waals surface area contributed by atoms with Crippen molar-refractivity contribution >= 4 is 0 Å². The molecule has 118 valence electrons. The standard InChI is InChI=1S/C20H22N2O/c21-13-16-5-3-6-17(11-16)14-22-15-18-7-4-10-20(12-18)23-19-8-1-2-9-19/h3-7,10-12,19,22H,1-2,8-9,14-15H2. The van der Waals surface area contributed by atoms with Crippen LogP contribution in [0.2, 0.25) is 0 Å². The van der Waals surface area contributed by atoms with Crippen molar-refractivity contribution in [2.75, 3.05) is 0 Å². The number of rotatable bonds is 6. The molecule has 3 rings (SSSR count). The van der Waals surface area contributed by atoms with Crippen molar-refractivity contribution in [3.63, 3.8) is 0 Å². The fraction of sp³-hybridized carbons (Fsp3) is 0.350. The van der Waals surface area contributed by atoms with E-state index in [1.54, 1.807) is 0 Å². The first kappa shape index (κ1) is 15.6. The highest BCUT2D eigenvalue weighted by atomic mass is 16.5. The van der Waals surface area contributed by atoms with Gasteiger partial charge in [-0.15, -0.1) is 0 Å². The van der Waals surface area contributed by atoms with Crippen molar-refractivity contribution in [1.82, 2.24) is 5.32 Å². The fourth-order valence-electron chi connectivity index (χ4n) is 3.03. The zero-order valence-electron chi connectivity index (χ0n) is 13.3. The number of benzene rings is 2. The first-order chi connectivity index (χ1) is 11.3. The molecule has 1 aliphatic rings. The predicted molar refractivity (Wildman–Crippen MR) is 91.0 cm³/mol. The van der Waals surface area contributed by atoms with E-state index in [0.29, 0.717) is 11.7 Å². The molecule has 3 nitrogen and oxygen atoms in total. The summed E-state index contributed by atoms with van der Waals surface area (Å²) in [4.78, 5) is 0. The Morgan fingerprint density at radius 3 is 2.43 bits per heavy atom. The Balaban J connectivity index is 1.52. The molecule has 0 aliphatic heterocycles. The van der Waals surface area contributed by atoms with Gasteiger partial charge in [-0.25, -0.2) is 0 Å². The van der Waals surface area contributed by atoms with E-state index in [1.165, 1.54) is 31.2 Å². The number of hydrogen-bond donors (Lipinski definition) is 1. The largest absolute Gasteiger partial charge is 0.490 e. The zero-order valence-corrected chi connectivity index (χ0v) is 13.3. The van der Waals surface area contributed by atoms with Crippen LogP contribution in [0.15, 0.2) is 48.5 Å². The van der Waals surface area contributed by atoms with Gasteiger partial charge in [0, 0.05) is 13.1 Å². The molecule has 0 amide bonds. The third-order valence-electron chi connectivity index (χ3n) is 4.22. The molecule has 1 saturated carbocycles. The van der Waals surface area contributed by atoms with Crippen LogP contribution in [0.3, 0.4) is 0 Å². The van der Waals surface area contributed by atoms with Crippen molar-refractivity contribution in [2.24, 2.45) is 0 Å². The Bertz CT molecular complexity index is 684. The molecule has 0 aromatic heterocycles. The van der Waals surface area contributed by atoms with Gasteiger partial charge in [-0.1, -0.05) is 24.3 Å². The molecule has 0 bridgehead atoms. The summed E-state index contributed by atoms with van der Waals surface area (Å²) in [6.45, 7) is 1.54. The Labute approximate surface area is 137 Å². The topological polar surface area (TPSA) is 45.0 Å². The highest BCUT2D eigenvalue weighted by molar-refractivity contribution is 5.33. The maximum atomic E-state index is 8.93. The number of ether oxygens (including phenoxy) is 1. The van der Waals surface area contributed by atoms with E-state index in [1.807, 2.05) is 30.3 Å². The van der Waals surface area contributed by atoms with Gasteiger partial charge in [-0.2, -0.15) is 5.26 Å². The Hall–Kier alpha value is -2.31. The summed E-state index contributed by atoms with van der Waals surface area (Å²) in [6, 6.07) is 18.2. The molecule has 2 aromatic rings. The normalized spacial score (nSPS) is 14.6. The van der Waals surface area contributed by atoms with Gasteiger partial charge in [-0.3, -0.25) is 0 Å². The highest BCUT2D eigenvalue weighted by Crippen LogP contribution is 2.24. The molecule has 1 N–H and O–H groups in total. The quantitative estimate of drug-likeness (QED) is 0.871. The minimum absolute atomic E-state index is 0.395. The van der Waals surface area contributed by atoms with Gasteiger partial charge in [0.1, 0.15) is 5.75 Å². The smallest absolute Gasteiger partial charge is 0.120 e. The summed E-state index contributed by atoms with van der Waals surface area (Å²) in [7, 11) is 0. The van der Waals surface area contributed by atoms with Crippen LogP contribution >= 0.6 is 0 Å². The lowest BCUT2D eigenvalue weighted by molar-refractivity contribution is 0.210. The van der Waals surface area contributed by atoms with Crippen LogP contribution in [0.5, 0.6) is 5.75 Å². The predicted octanol–water partition coefficient (Wildman–Crippen LogP) is 4.17. The van der Waals surface area contributed by atoms with E-state index in [0.717, 1.165) is 24.4 Å². The van der Waals surface area contributed by atoms with E-state index in [-0.39, 0.29) is 0 Å². The van der Waals surface area contributed by atoms with E-state index in [9.17, 15) is 0 Å². The van der Waals surface area contributed by atoms with Gasteiger partial charge in [0.25, 0.3) is 0 Å². The maximum absolute atomic E-state index is 8.93. The van der Waals surface area contributed by atoms with Gasteiger partial charge in [0.2, 0.25) is 0 Å². The van der Waals surface area contributed by atoms with E-state index >= 15 is 0 Å². The first-order valence-corrected chi connectivity index (χ1v) is 8.29. The summed E-state index contributed by atoms with van der Waals surface area (Å²) in [6.07, 6.45) is 5.32. The zero-order chi connectivity index (χ0) is 15.9. The van der Waals surface area contributed by atoms with Crippen LogP contribution in [0, 0.1) is 11.3 Å². The number of nitrogens with zero attached hydrogens (tertiary/aromatic N) is 1. The van der Waals surface area contributed by atoms with Crippen LogP contribution in [0.4, 0.5) is 0 Å². The Morgan fingerprint density at radius 1 is 1.00 bits per heavy atom. The summed E-state index contributed by atoms with van der Waals surface area (Å²) in [5.74, 6) is 0.975. The van der Waals surface area contributed by atoms with Crippen LogP contribution in [0.25, 0.3) is 0 Å². The SMILES string of the molecule is N#Cc1cccc(CNCc2cccc(OC3CCCC3)c2)c1. The molecule has 0 spiro atoms. The average Bonchev–Trinajstić information content (AvgIpc) is 3.08. The van der Waals surface area contributed by atoms with Crippen LogP contribution < -0.4 is 10.1 Å². The number of hydrogen-bond acceptors (Lipinski definition) is 3. The van der Waals surface area contributed by atoms with Crippen molar-refractivity contribution < 1.29 is 4.74 Å². The minimum atomic E-state index is 0.395. The third-order valence-corrected chi connectivity index (χ3v) is 4.22. The summed E-state index contributed by atoms with van der Waals surface area (Å²) in [5.41, 5.74) is 3.05. The molecule has 0 unspecified atom stereocenters. The van der Waals surface area contributed by atoms with Crippen molar-refractivity contribution in [3.05, 3.63) is 65.2 Å². The van der Waals surface area contributed by atoms with Crippen LogP contribution in [-0.4, -0.2) is 6.10 Å². The second-order valence-corrected chi connectivity index (χ2v) is 6.09. The lowest BCUT2D eigenvalue weighted by atomic mass is 10.1. The van der Waals surface area contributed by atoms with E-state index in [4.69, 9.17) is 10.00 Å². The molecule has 0 atom stereocenters. The molecule has 3 heteroatoms. The van der Waals surface area contributed by atoms with Crippen molar-refractivity contribution in [1.29, 1.82) is 5.26 Å². The van der Waals surface area contributed by atoms with E-state index in [2.05, 4.69) is 29.6 Å². The lowest BCUT2D eigenvalue weighted by Gasteiger charge is -2.14. The van der Waals surface area contributed by atoms with Crippen molar-refractivity contribution in [3.8, 4) is 11.8 Å². The Morgan fingerprint density at radius 2 is 1.70 bits per heavy atom. The fourth-order valence-corrected chi connectivity index (χ4v) is 3.03. The first-order valence-electron chi connectivity index (χ1n) is 8.29. The number of nitriles is 1. The second kappa shape index (κ2) is 7.80. The molecule has 0 heterocycles. The van der Waals surface area contributed by atoms with Crippen LogP contribution in [-0.2, 0) is 13.1 Å². The molecule has 0 saturated heterocycles. The highest BCUT2D eigenvalue weighted by Gasteiger charge is 2.16. The monoisotopic (exact) mass is 306 g/mol. The third kappa shape index (κ3) is 4.58. The molecule has 2 aromatic carbocycles. The van der Waals surface area contributed by atoms with Crippen LogP contribution in [0.1, 0.15) is 42.4 Å². The molecular weight excluding hydrogens is 284 g/mol. The van der Waals surface area contributed by atoms with Gasteiger partial charge in [0.15, 0.2) is 0 Å². The van der Waals surface area contributed by atoms with Crippen molar-refractivity contribution in [2.45, 2.75) is 44.9 Å². The Kier molecular flexibility index (Phi) is 5.29. The van der Waals surface area contributed by atoms with E-state index < -0.39 is 0 Å². The minimum Gasteiger partial charge on any atom is -0.490 e. The molecule has 1 aliphatic carbocycles. The summed E-state index contributed by atoms with van der Waals surface area (Å²) in [5, 5.41) is 12.4. The molecular formula is C20H22N2O. The lowest BCUT2D eigenvalue weighted by Crippen LogP contribution is -2.14. The van der Waals surface area contributed by atoms with Gasteiger partial charge in [-0.05, 0) is 61.1 Å². The average molecular weight is 306 g/mol. The maximum Gasteiger partial charge on any atom is 0.120 e. The van der Waals surface area contributed by atoms with Gasteiger partial charge < -0.3 is 10.1 Å². The number of nitrogens with one attached hydrogen (secondary N) is 1. The van der Waals surface area contributed by atoms with Gasteiger partial charge >= 0.3 is 0 Å². The molecule has 0 radical (unpaired) electrons. The molecule has 1 fully saturated rings. The summed E-state index contributed by atoms with van der Waals surface area (Å²) >= 11 is 0. The summed E-state index contributed by atoms with van der Waals surface area (Å²) < 4.78 is 6.05. The molecule has 23 heavy (non-hydrogen) atoms.